The number of non-ortho nitro benzene ring substituents is 1. The molecule has 1 aliphatic heterocycles. The van der Waals surface area contributed by atoms with Crippen molar-refractivity contribution < 1.29 is 4.92 Å². The first-order valence-corrected chi connectivity index (χ1v) is 7.67. The van der Waals surface area contributed by atoms with Crippen LogP contribution >= 0.6 is 15.9 Å². The second kappa shape index (κ2) is 6.65. The Labute approximate surface area is 127 Å². The van der Waals surface area contributed by atoms with Crippen LogP contribution in [0, 0.1) is 16.0 Å². The summed E-state index contributed by atoms with van der Waals surface area (Å²) in [5.74, 6) is 0.519. The molecule has 1 fully saturated rings. The van der Waals surface area contributed by atoms with E-state index in [1.165, 1.54) is 12.5 Å². The topological polar surface area (TPSA) is 72.4 Å². The van der Waals surface area contributed by atoms with Crippen molar-refractivity contribution in [2.45, 2.75) is 32.4 Å². The molecule has 0 bridgehead atoms. The van der Waals surface area contributed by atoms with Gasteiger partial charge in [-0.25, -0.2) is 0 Å². The molecule has 2 rings (SSSR count). The number of nitrogens with two attached hydrogens (primary N) is 1. The van der Waals surface area contributed by atoms with E-state index >= 15 is 0 Å². The van der Waals surface area contributed by atoms with Crippen LogP contribution in [0.3, 0.4) is 0 Å². The molecule has 1 aromatic rings. The van der Waals surface area contributed by atoms with Crippen LogP contribution in [0.25, 0.3) is 0 Å². The van der Waals surface area contributed by atoms with Crippen molar-refractivity contribution >= 4 is 21.6 Å². The molecule has 2 atom stereocenters. The van der Waals surface area contributed by atoms with Gasteiger partial charge in [-0.3, -0.25) is 15.0 Å². The summed E-state index contributed by atoms with van der Waals surface area (Å²) in [6.45, 7) is 4.79. The zero-order valence-electron chi connectivity index (χ0n) is 11.6. The Morgan fingerprint density at radius 1 is 1.55 bits per heavy atom. The highest BCUT2D eigenvalue weighted by Gasteiger charge is 2.23. The number of likely N-dealkylation sites (tertiary alicyclic amines) is 1. The van der Waals surface area contributed by atoms with Crippen LogP contribution in [-0.4, -0.2) is 29.0 Å². The molecule has 0 amide bonds. The van der Waals surface area contributed by atoms with E-state index in [0.29, 0.717) is 5.92 Å². The Balaban J connectivity index is 2.07. The summed E-state index contributed by atoms with van der Waals surface area (Å²) < 4.78 is 0.752. The van der Waals surface area contributed by atoms with Crippen molar-refractivity contribution in [1.29, 1.82) is 0 Å². The summed E-state index contributed by atoms with van der Waals surface area (Å²) in [7, 11) is 0. The van der Waals surface area contributed by atoms with Crippen LogP contribution in [-0.2, 0) is 6.54 Å². The van der Waals surface area contributed by atoms with E-state index in [1.54, 1.807) is 6.07 Å². The zero-order chi connectivity index (χ0) is 14.7. The van der Waals surface area contributed by atoms with Gasteiger partial charge in [0.2, 0.25) is 0 Å². The second-order valence-corrected chi connectivity index (χ2v) is 6.49. The third-order valence-corrected chi connectivity index (χ3v) is 4.30. The lowest BCUT2D eigenvalue weighted by Gasteiger charge is -2.34. The van der Waals surface area contributed by atoms with E-state index in [9.17, 15) is 10.1 Å². The smallest absolute Gasteiger partial charge is 0.270 e. The predicted octanol–water partition coefficient (Wildman–Crippen LogP) is 2.92. The van der Waals surface area contributed by atoms with Gasteiger partial charge in [-0.1, -0.05) is 15.9 Å². The summed E-state index contributed by atoms with van der Waals surface area (Å²) >= 11 is 3.34. The highest BCUT2D eigenvalue weighted by Crippen LogP contribution is 2.25. The maximum absolute atomic E-state index is 10.9. The number of piperidine rings is 1. The molecule has 1 heterocycles. The quantitative estimate of drug-likeness (QED) is 0.675. The summed E-state index contributed by atoms with van der Waals surface area (Å²) in [6, 6.07) is 5.34. The first-order valence-electron chi connectivity index (χ1n) is 6.87. The molecule has 0 radical (unpaired) electrons. The molecule has 1 saturated heterocycles. The van der Waals surface area contributed by atoms with E-state index in [2.05, 4.69) is 27.8 Å². The van der Waals surface area contributed by atoms with Gasteiger partial charge in [-0.2, -0.15) is 0 Å². The number of rotatable bonds is 4. The maximum atomic E-state index is 10.9. The van der Waals surface area contributed by atoms with E-state index in [-0.39, 0.29) is 16.7 Å². The molecule has 0 saturated carbocycles. The predicted molar refractivity (Wildman–Crippen MR) is 82.4 cm³/mol. The Hall–Kier alpha value is -0.980. The molecule has 20 heavy (non-hydrogen) atoms. The van der Waals surface area contributed by atoms with Crippen molar-refractivity contribution in [3.05, 3.63) is 38.3 Å². The first kappa shape index (κ1) is 15.4. The number of nitro groups is 1. The van der Waals surface area contributed by atoms with Gasteiger partial charge in [0.05, 0.1) is 4.92 Å². The number of nitro benzene ring substituents is 1. The van der Waals surface area contributed by atoms with E-state index in [0.717, 1.165) is 36.1 Å². The monoisotopic (exact) mass is 341 g/mol. The molecule has 1 aliphatic rings. The van der Waals surface area contributed by atoms with Crippen LogP contribution < -0.4 is 5.73 Å². The molecule has 0 aromatic heterocycles. The Morgan fingerprint density at radius 3 is 2.95 bits per heavy atom. The highest BCUT2D eigenvalue weighted by atomic mass is 79.9. The molecule has 2 unspecified atom stereocenters. The number of nitrogens with zero attached hydrogens (tertiary/aromatic N) is 2. The van der Waals surface area contributed by atoms with Gasteiger partial charge < -0.3 is 5.73 Å². The normalized spacial score (nSPS) is 21.6. The summed E-state index contributed by atoms with van der Waals surface area (Å²) in [6.07, 6.45) is 2.31. The second-order valence-electron chi connectivity index (χ2n) is 5.57. The third kappa shape index (κ3) is 4.01. The third-order valence-electron chi connectivity index (χ3n) is 3.84. The highest BCUT2D eigenvalue weighted by molar-refractivity contribution is 9.10. The first-order chi connectivity index (χ1) is 9.45. The van der Waals surface area contributed by atoms with Gasteiger partial charge in [0, 0.05) is 35.7 Å². The number of hydrogen-bond acceptors (Lipinski definition) is 4. The molecule has 5 nitrogen and oxygen atoms in total. The minimum Gasteiger partial charge on any atom is -0.328 e. The van der Waals surface area contributed by atoms with Crippen LogP contribution in [0.5, 0.6) is 0 Å². The average molecular weight is 342 g/mol. The SMILES string of the molecule is CC(N)C1CCCN(Cc2cc(Br)cc([N+](=O)[O-])c2)C1. The maximum Gasteiger partial charge on any atom is 0.270 e. The average Bonchev–Trinajstić information content (AvgIpc) is 2.38. The fourth-order valence-electron chi connectivity index (χ4n) is 2.75. The van der Waals surface area contributed by atoms with Gasteiger partial charge in [0.15, 0.2) is 0 Å². The molecular formula is C14H20BrN3O2. The van der Waals surface area contributed by atoms with Crippen LogP contribution in [0.15, 0.2) is 22.7 Å². The van der Waals surface area contributed by atoms with Gasteiger partial charge in [0.1, 0.15) is 0 Å². The molecule has 1 aromatic carbocycles. The largest absolute Gasteiger partial charge is 0.328 e. The molecule has 110 valence electrons. The summed E-state index contributed by atoms with van der Waals surface area (Å²) in [5.41, 5.74) is 7.09. The standard InChI is InChI=1S/C14H20BrN3O2/c1-10(16)12-3-2-4-17(9-12)8-11-5-13(15)7-14(6-11)18(19)20/h5-7,10,12H,2-4,8-9,16H2,1H3. The van der Waals surface area contributed by atoms with Gasteiger partial charge in [0.25, 0.3) is 5.69 Å². The molecular weight excluding hydrogens is 322 g/mol. The lowest BCUT2D eigenvalue weighted by atomic mass is 9.92. The van der Waals surface area contributed by atoms with Crippen LogP contribution in [0.1, 0.15) is 25.3 Å². The van der Waals surface area contributed by atoms with Crippen molar-refractivity contribution in [2.75, 3.05) is 13.1 Å². The van der Waals surface area contributed by atoms with Crippen LogP contribution in [0.2, 0.25) is 0 Å². The molecule has 6 heteroatoms. The van der Waals surface area contributed by atoms with Crippen molar-refractivity contribution in [3.8, 4) is 0 Å². The fourth-order valence-corrected chi connectivity index (χ4v) is 3.28. The van der Waals surface area contributed by atoms with Crippen molar-refractivity contribution in [3.63, 3.8) is 0 Å². The zero-order valence-corrected chi connectivity index (χ0v) is 13.2. The Kier molecular flexibility index (Phi) is 5.12. The van der Waals surface area contributed by atoms with Crippen LogP contribution in [0.4, 0.5) is 5.69 Å². The van der Waals surface area contributed by atoms with E-state index < -0.39 is 0 Å². The van der Waals surface area contributed by atoms with E-state index in [1.807, 2.05) is 6.07 Å². The van der Waals surface area contributed by atoms with Crippen molar-refractivity contribution in [2.24, 2.45) is 11.7 Å². The lowest BCUT2D eigenvalue weighted by molar-refractivity contribution is -0.385. The molecule has 2 N–H and O–H groups in total. The van der Waals surface area contributed by atoms with Gasteiger partial charge in [-0.05, 0) is 43.9 Å². The Bertz CT molecular complexity index is 493. The molecule has 0 aliphatic carbocycles. The summed E-state index contributed by atoms with van der Waals surface area (Å²) in [5, 5.41) is 10.9. The molecule has 0 spiro atoms. The van der Waals surface area contributed by atoms with Gasteiger partial charge in [-0.15, -0.1) is 0 Å². The minimum absolute atomic E-state index is 0.134. The van der Waals surface area contributed by atoms with E-state index in [4.69, 9.17) is 5.73 Å². The minimum atomic E-state index is -0.352. The number of benzene rings is 1. The summed E-state index contributed by atoms with van der Waals surface area (Å²) in [4.78, 5) is 12.9. The lowest BCUT2D eigenvalue weighted by Crippen LogP contribution is -2.41. The van der Waals surface area contributed by atoms with Gasteiger partial charge >= 0.3 is 0 Å². The van der Waals surface area contributed by atoms with Crippen molar-refractivity contribution in [1.82, 2.24) is 4.90 Å². The number of hydrogen-bond donors (Lipinski definition) is 1. The Morgan fingerprint density at radius 2 is 2.30 bits per heavy atom. The number of halogens is 1. The fraction of sp³-hybridized carbons (Fsp3) is 0.571.